The van der Waals surface area contributed by atoms with Gasteiger partial charge in [-0.25, -0.2) is 4.98 Å². The molecule has 2 atom stereocenters. The Labute approximate surface area is 119 Å². The van der Waals surface area contributed by atoms with Crippen LogP contribution >= 0.6 is 11.6 Å². The van der Waals surface area contributed by atoms with E-state index in [-0.39, 0.29) is 5.38 Å². The zero-order valence-corrected chi connectivity index (χ0v) is 12.3. The molecule has 0 spiro atoms. The monoisotopic (exact) mass is 277 g/mol. The van der Waals surface area contributed by atoms with Gasteiger partial charge in [-0.3, -0.25) is 0 Å². The second-order valence-electron chi connectivity index (χ2n) is 5.50. The molecule has 102 valence electrons. The Bertz CT molecular complexity index is 576. The standard InChI is InChI=1S/C15H20ClN3/c1-11(16)15-17-13-7-3-4-8-14(13)19(15)12-6-5-9-18(2)10-12/h3-4,7-8,11-12H,5-6,9-10H2,1-2H3. The summed E-state index contributed by atoms with van der Waals surface area (Å²) >= 11 is 6.34. The lowest BCUT2D eigenvalue weighted by Crippen LogP contribution is -2.34. The fourth-order valence-corrected chi connectivity index (χ4v) is 3.23. The largest absolute Gasteiger partial charge is 0.322 e. The number of alkyl halides is 1. The summed E-state index contributed by atoms with van der Waals surface area (Å²) in [5.74, 6) is 1.00. The smallest absolute Gasteiger partial charge is 0.128 e. The van der Waals surface area contributed by atoms with Crippen LogP contribution in [-0.4, -0.2) is 34.6 Å². The van der Waals surface area contributed by atoms with E-state index in [4.69, 9.17) is 16.6 Å². The highest BCUT2D eigenvalue weighted by molar-refractivity contribution is 6.20. The molecule has 2 heterocycles. The van der Waals surface area contributed by atoms with E-state index in [0.717, 1.165) is 17.9 Å². The molecular weight excluding hydrogens is 258 g/mol. The van der Waals surface area contributed by atoms with Gasteiger partial charge in [0, 0.05) is 12.6 Å². The average Bonchev–Trinajstić information content (AvgIpc) is 2.78. The number of hydrogen-bond acceptors (Lipinski definition) is 2. The number of halogens is 1. The maximum absolute atomic E-state index is 6.34. The van der Waals surface area contributed by atoms with Crippen LogP contribution in [-0.2, 0) is 0 Å². The van der Waals surface area contributed by atoms with Gasteiger partial charge in [0.25, 0.3) is 0 Å². The van der Waals surface area contributed by atoms with Crippen LogP contribution in [0.3, 0.4) is 0 Å². The first-order valence-electron chi connectivity index (χ1n) is 6.96. The maximum Gasteiger partial charge on any atom is 0.128 e. The topological polar surface area (TPSA) is 21.1 Å². The van der Waals surface area contributed by atoms with Gasteiger partial charge in [-0.05, 0) is 45.5 Å². The number of nitrogens with zero attached hydrogens (tertiary/aromatic N) is 3. The molecule has 19 heavy (non-hydrogen) atoms. The minimum Gasteiger partial charge on any atom is -0.322 e. The van der Waals surface area contributed by atoms with Crippen molar-refractivity contribution in [1.29, 1.82) is 0 Å². The summed E-state index contributed by atoms with van der Waals surface area (Å²) in [7, 11) is 2.19. The van der Waals surface area contributed by atoms with E-state index >= 15 is 0 Å². The quantitative estimate of drug-likeness (QED) is 0.782. The molecule has 0 saturated carbocycles. The zero-order chi connectivity index (χ0) is 13.4. The van der Waals surface area contributed by atoms with Crippen molar-refractivity contribution in [2.45, 2.75) is 31.2 Å². The number of hydrogen-bond donors (Lipinski definition) is 0. The molecule has 0 aliphatic carbocycles. The van der Waals surface area contributed by atoms with Crippen molar-refractivity contribution in [3.8, 4) is 0 Å². The van der Waals surface area contributed by atoms with Crippen LogP contribution in [0.15, 0.2) is 24.3 Å². The van der Waals surface area contributed by atoms with E-state index in [1.54, 1.807) is 0 Å². The van der Waals surface area contributed by atoms with E-state index in [1.165, 1.54) is 24.9 Å². The third kappa shape index (κ3) is 2.37. The molecule has 2 aromatic rings. The molecule has 0 radical (unpaired) electrons. The number of likely N-dealkylation sites (N-methyl/N-ethyl adjacent to an activating group) is 1. The third-order valence-corrected chi connectivity index (χ3v) is 4.14. The molecule has 4 heteroatoms. The molecule has 2 unspecified atom stereocenters. The van der Waals surface area contributed by atoms with Gasteiger partial charge in [0.15, 0.2) is 0 Å². The van der Waals surface area contributed by atoms with Crippen LogP contribution in [0.1, 0.15) is 37.0 Å². The number of para-hydroxylation sites is 2. The number of rotatable bonds is 2. The first-order valence-corrected chi connectivity index (χ1v) is 7.40. The molecule has 0 bridgehead atoms. The van der Waals surface area contributed by atoms with Gasteiger partial charge in [-0.1, -0.05) is 12.1 Å². The number of imidazole rings is 1. The summed E-state index contributed by atoms with van der Waals surface area (Å²) in [4.78, 5) is 7.12. The molecular formula is C15H20ClN3. The van der Waals surface area contributed by atoms with E-state index in [9.17, 15) is 0 Å². The lowest BCUT2D eigenvalue weighted by molar-refractivity contribution is 0.212. The minimum atomic E-state index is -0.0559. The first kappa shape index (κ1) is 12.9. The van der Waals surface area contributed by atoms with Crippen molar-refractivity contribution >= 4 is 22.6 Å². The summed E-state index contributed by atoms with van der Waals surface area (Å²) in [6, 6.07) is 8.83. The molecule has 1 aliphatic heterocycles. The van der Waals surface area contributed by atoms with Crippen molar-refractivity contribution in [2.24, 2.45) is 0 Å². The second-order valence-corrected chi connectivity index (χ2v) is 6.16. The normalized spacial score (nSPS) is 22.8. The molecule has 1 saturated heterocycles. The van der Waals surface area contributed by atoms with Crippen LogP contribution < -0.4 is 0 Å². The molecule has 1 aromatic heterocycles. The number of likely N-dealkylation sites (tertiary alicyclic amines) is 1. The third-order valence-electron chi connectivity index (χ3n) is 3.94. The zero-order valence-electron chi connectivity index (χ0n) is 11.5. The predicted molar refractivity (Wildman–Crippen MR) is 79.8 cm³/mol. The number of benzene rings is 1. The van der Waals surface area contributed by atoms with E-state index in [1.807, 2.05) is 13.0 Å². The molecule has 1 aliphatic rings. The van der Waals surface area contributed by atoms with Crippen molar-refractivity contribution in [3.63, 3.8) is 0 Å². The van der Waals surface area contributed by atoms with Gasteiger partial charge in [0.1, 0.15) is 5.82 Å². The Hall–Kier alpha value is -1.06. The Balaban J connectivity index is 2.11. The van der Waals surface area contributed by atoms with Crippen molar-refractivity contribution in [1.82, 2.24) is 14.5 Å². The van der Waals surface area contributed by atoms with Crippen LogP contribution in [0.2, 0.25) is 0 Å². The van der Waals surface area contributed by atoms with E-state index in [2.05, 4.69) is 34.7 Å². The van der Waals surface area contributed by atoms with Crippen LogP contribution in [0, 0.1) is 0 Å². The Morgan fingerprint density at radius 3 is 2.89 bits per heavy atom. The van der Waals surface area contributed by atoms with Crippen LogP contribution in [0.25, 0.3) is 11.0 Å². The van der Waals surface area contributed by atoms with Crippen molar-refractivity contribution in [3.05, 3.63) is 30.1 Å². The molecule has 0 amide bonds. The molecule has 3 nitrogen and oxygen atoms in total. The van der Waals surface area contributed by atoms with Gasteiger partial charge in [-0.2, -0.15) is 0 Å². The van der Waals surface area contributed by atoms with Crippen LogP contribution in [0.5, 0.6) is 0 Å². The highest BCUT2D eigenvalue weighted by Gasteiger charge is 2.24. The summed E-state index contributed by atoms with van der Waals surface area (Å²) in [6.45, 7) is 4.28. The number of piperidine rings is 1. The minimum absolute atomic E-state index is 0.0559. The second kappa shape index (κ2) is 5.14. The Kier molecular flexibility index (Phi) is 3.50. The van der Waals surface area contributed by atoms with E-state index in [0.29, 0.717) is 6.04 Å². The molecule has 3 rings (SSSR count). The predicted octanol–water partition coefficient (Wildman–Crippen LogP) is 3.60. The highest BCUT2D eigenvalue weighted by Crippen LogP contribution is 2.31. The fraction of sp³-hybridized carbons (Fsp3) is 0.533. The fourth-order valence-electron chi connectivity index (χ4n) is 3.08. The lowest BCUT2D eigenvalue weighted by Gasteiger charge is -2.32. The van der Waals surface area contributed by atoms with Crippen LogP contribution in [0.4, 0.5) is 0 Å². The van der Waals surface area contributed by atoms with Gasteiger partial charge in [-0.15, -0.1) is 11.6 Å². The Morgan fingerprint density at radius 2 is 2.16 bits per heavy atom. The van der Waals surface area contributed by atoms with Gasteiger partial charge >= 0.3 is 0 Å². The van der Waals surface area contributed by atoms with Gasteiger partial charge < -0.3 is 9.47 Å². The molecule has 0 N–H and O–H groups in total. The Morgan fingerprint density at radius 1 is 1.37 bits per heavy atom. The number of aromatic nitrogens is 2. The van der Waals surface area contributed by atoms with E-state index < -0.39 is 0 Å². The number of fused-ring (bicyclic) bond motifs is 1. The lowest BCUT2D eigenvalue weighted by atomic mass is 10.1. The highest BCUT2D eigenvalue weighted by atomic mass is 35.5. The van der Waals surface area contributed by atoms with Gasteiger partial charge in [0.2, 0.25) is 0 Å². The SMILES string of the molecule is CC(Cl)c1nc2ccccc2n1C1CCCN(C)C1. The van der Waals surface area contributed by atoms with Gasteiger partial charge in [0.05, 0.1) is 16.4 Å². The van der Waals surface area contributed by atoms with Crippen molar-refractivity contribution in [2.75, 3.05) is 20.1 Å². The molecule has 1 fully saturated rings. The van der Waals surface area contributed by atoms with Crippen molar-refractivity contribution < 1.29 is 0 Å². The summed E-state index contributed by atoms with van der Waals surface area (Å²) in [6.07, 6.45) is 2.45. The summed E-state index contributed by atoms with van der Waals surface area (Å²) < 4.78 is 2.36. The average molecular weight is 278 g/mol. The summed E-state index contributed by atoms with van der Waals surface area (Å²) in [5, 5.41) is -0.0559. The summed E-state index contributed by atoms with van der Waals surface area (Å²) in [5.41, 5.74) is 2.27. The molecule has 1 aromatic carbocycles. The first-order chi connectivity index (χ1) is 9.16. The maximum atomic E-state index is 6.34.